The molecule has 2 rings (SSSR count). The van der Waals surface area contributed by atoms with Crippen LogP contribution >= 0.6 is 0 Å². The molecule has 0 atom stereocenters. The Balaban J connectivity index is 2.11. The van der Waals surface area contributed by atoms with Gasteiger partial charge in [-0.05, 0) is 25.1 Å². The summed E-state index contributed by atoms with van der Waals surface area (Å²) in [5.74, 6) is -0.540. The van der Waals surface area contributed by atoms with Crippen molar-refractivity contribution in [2.24, 2.45) is 5.73 Å². The first kappa shape index (κ1) is 13.6. The SMILES string of the molecule is CCn1cc(NC(=O)/C=C/c2ccco2)c(C(N)=O)n1. The molecule has 0 bridgehead atoms. The van der Waals surface area contributed by atoms with Gasteiger partial charge in [0.05, 0.1) is 12.0 Å². The summed E-state index contributed by atoms with van der Waals surface area (Å²) in [6, 6.07) is 3.43. The lowest BCUT2D eigenvalue weighted by Crippen LogP contribution is -2.16. The maximum absolute atomic E-state index is 11.8. The van der Waals surface area contributed by atoms with Crippen LogP contribution in [-0.2, 0) is 11.3 Å². The molecule has 2 amide bonds. The van der Waals surface area contributed by atoms with Crippen LogP contribution in [-0.4, -0.2) is 21.6 Å². The van der Waals surface area contributed by atoms with E-state index in [0.29, 0.717) is 12.3 Å². The minimum Gasteiger partial charge on any atom is -0.465 e. The first-order valence-corrected chi connectivity index (χ1v) is 6.00. The van der Waals surface area contributed by atoms with E-state index in [9.17, 15) is 9.59 Å². The molecule has 2 heterocycles. The molecule has 3 N–H and O–H groups in total. The van der Waals surface area contributed by atoms with Gasteiger partial charge < -0.3 is 15.5 Å². The number of nitrogens with two attached hydrogens (primary N) is 1. The number of hydrogen-bond acceptors (Lipinski definition) is 4. The molecule has 104 valence electrons. The van der Waals surface area contributed by atoms with Crippen LogP contribution in [0.4, 0.5) is 5.69 Å². The molecule has 0 spiro atoms. The Morgan fingerprint density at radius 3 is 2.95 bits per heavy atom. The van der Waals surface area contributed by atoms with Gasteiger partial charge in [0.2, 0.25) is 5.91 Å². The van der Waals surface area contributed by atoms with Crippen LogP contribution in [0.2, 0.25) is 0 Å². The van der Waals surface area contributed by atoms with Gasteiger partial charge in [0.15, 0.2) is 5.69 Å². The Morgan fingerprint density at radius 1 is 1.55 bits per heavy atom. The summed E-state index contributed by atoms with van der Waals surface area (Å²) in [4.78, 5) is 23.0. The molecular formula is C13H14N4O3. The third kappa shape index (κ3) is 3.14. The second kappa shape index (κ2) is 5.87. The second-order valence-electron chi connectivity index (χ2n) is 3.95. The summed E-state index contributed by atoms with van der Waals surface area (Å²) in [6.07, 6.45) is 5.88. The van der Waals surface area contributed by atoms with E-state index in [1.165, 1.54) is 23.1 Å². The van der Waals surface area contributed by atoms with E-state index >= 15 is 0 Å². The number of nitrogens with zero attached hydrogens (tertiary/aromatic N) is 2. The minimum absolute atomic E-state index is 0.0339. The van der Waals surface area contributed by atoms with Gasteiger partial charge in [0.25, 0.3) is 5.91 Å². The van der Waals surface area contributed by atoms with Crippen molar-refractivity contribution < 1.29 is 14.0 Å². The van der Waals surface area contributed by atoms with Gasteiger partial charge in [-0.25, -0.2) is 0 Å². The molecule has 0 aliphatic rings. The topological polar surface area (TPSA) is 103 Å². The minimum atomic E-state index is -0.692. The molecule has 0 saturated heterocycles. The summed E-state index contributed by atoms with van der Waals surface area (Å²) < 4.78 is 6.58. The number of aromatic nitrogens is 2. The van der Waals surface area contributed by atoms with E-state index in [0.717, 1.165) is 0 Å². The molecule has 0 aliphatic heterocycles. The van der Waals surface area contributed by atoms with Crippen LogP contribution in [0.25, 0.3) is 6.08 Å². The lowest BCUT2D eigenvalue weighted by atomic mass is 10.3. The third-order valence-electron chi connectivity index (χ3n) is 2.52. The summed E-state index contributed by atoms with van der Waals surface area (Å²) in [6.45, 7) is 2.43. The van der Waals surface area contributed by atoms with E-state index in [-0.39, 0.29) is 11.4 Å². The van der Waals surface area contributed by atoms with Crippen molar-refractivity contribution in [3.8, 4) is 0 Å². The molecule has 7 nitrogen and oxygen atoms in total. The smallest absolute Gasteiger partial charge is 0.271 e. The highest BCUT2D eigenvalue weighted by atomic mass is 16.3. The standard InChI is InChI=1S/C13H14N4O3/c1-2-17-8-10(12(16-17)13(14)19)15-11(18)6-5-9-4-3-7-20-9/h3-8H,2H2,1H3,(H2,14,19)(H,15,18)/b6-5+. The number of carbonyl (C=O) groups is 2. The molecule has 0 aromatic carbocycles. The van der Waals surface area contributed by atoms with Crippen LogP contribution in [0, 0.1) is 0 Å². The number of aryl methyl sites for hydroxylation is 1. The maximum atomic E-state index is 11.8. The maximum Gasteiger partial charge on any atom is 0.271 e. The van der Waals surface area contributed by atoms with Gasteiger partial charge in [-0.3, -0.25) is 14.3 Å². The largest absolute Gasteiger partial charge is 0.465 e. The quantitative estimate of drug-likeness (QED) is 0.800. The summed E-state index contributed by atoms with van der Waals surface area (Å²) >= 11 is 0. The average Bonchev–Trinajstić information content (AvgIpc) is 3.05. The first-order valence-electron chi connectivity index (χ1n) is 6.00. The van der Waals surface area contributed by atoms with Crippen molar-refractivity contribution in [2.75, 3.05) is 5.32 Å². The zero-order valence-corrected chi connectivity index (χ0v) is 10.9. The number of primary amides is 1. The molecular weight excluding hydrogens is 260 g/mol. The molecule has 0 saturated carbocycles. The zero-order chi connectivity index (χ0) is 14.5. The Labute approximate surface area is 115 Å². The van der Waals surface area contributed by atoms with E-state index in [1.54, 1.807) is 18.3 Å². The van der Waals surface area contributed by atoms with Gasteiger partial charge in [-0.15, -0.1) is 0 Å². The van der Waals surface area contributed by atoms with Crippen LogP contribution in [0.3, 0.4) is 0 Å². The Morgan fingerprint density at radius 2 is 2.35 bits per heavy atom. The van der Waals surface area contributed by atoms with E-state index in [4.69, 9.17) is 10.2 Å². The number of amides is 2. The lowest BCUT2D eigenvalue weighted by molar-refractivity contribution is -0.111. The summed E-state index contributed by atoms with van der Waals surface area (Å²) in [7, 11) is 0. The zero-order valence-electron chi connectivity index (χ0n) is 10.9. The van der Waals surface area contributed by atoms with E-state index in [2.05, 4.69) is 10.4 Å². The van der Waals surface area contributed by atoms with E-state index in [1.807, 2.05) is 6.92 Å². The molecule has 2 aromatic heterocycles. The normalized spacial score (nSPS) is 10.8. The highest BCUT2D eigenvalue weighted by Gasteiger charge is 2.14. The predicted molar refractivity (Wildman–Crippen MR) is 72.8 cm³/mol. The highest BCUT2D eigenvalue weighted by molar-refractivity contribution is 6.06. The van der Waals surface area contributed by atoms with Gasteiger partial charge in [0, 0.05) is 18.8 Å². The van der Waals surface area contributed by atoms with Crippen molar-refractivity contribution in [1.82, 2.24) is 9.78 Å². The monoisotopic (exact) mass is 274 g/mol. The number of rotatable bonds is 5. The lowest BCUT2D eigenvalue weighted by Gasteiger charge is -1.99. The Kier molecular flexibility index (Phi) is 3.99. The molecule has 20 heavy (non-hydrogen) atoms. The number of anilines is 1. The van der Waals surface area contributed by atoms with E-state index < -0.39 is 11.8 Å². The molecule has 0 aliphatic carbocycles. The number of furan rings is 1. The molecule has 0 fully saturated rings. The van der Waals surface area contributed by atoms with Gasteiger partial charge in [-0.1, -0.05) is 0 Å². The third-order valence-corrected chi connectivity index (χ3v) is 2.52. The van der Waals surface area contributed by atoms with Crippen LogP contribution in [0.1, 0.15) is 23.2 Å². The molecule has 0 radical (unpaired) electrons. The number of hydrogen-bond donors (Lipinski definition) is 2. The Bertz CT molecular complexity index is 641. The van der Waals surface area contributed by atoms with Gasteiger partial charge in [-0.2, -0.15) is 5.10 Å². The van der Waals surface area contributed by atoms with Crippen LogP contribution in [0.15, 0.2) is 35.1 Å². The van der Waals surface area contributed by atoms with Crippen molar-refractivity contribution >= 4 is 23.6 Å². The van der Waals surface area contributed by atoms with Gasteiger partial charge in [0.1, 0.15) is 5.76 Å². The fourth-order valence-corrected chi connectivity index (χ4v) is 1.58. The fourth-order valence-electron chi connectivity index (χ4n) is 1.58. The van der Waals surface area contributed by atoms with Crippen molar-refractivity contribution in [3.05, 3.63) is 42.1 Å². The number of nitrogens with one attached hydrogen (secondary N) is 1. The molecule has 0 unspecified atom stereocenters. The average molecular weight is 274 g/mol. The van der Waals surface area contributed by atoms with Crippen LogP contribution < -0.4 is 11.1 Å². The fraction of sp³-hybridized carbons (Fsp3) is 0.154. The predicted octanol–water partition coefficient (Wildman–Crippen LogP) is 1.25. The highest BCUT2D eigenvalue weighted by Crippen LogP contribution is 2.13. The number of carbonyl (C=O) groups excluding carboxylic acids is 2. The van der Waals surface area contributed by atoms with Gasteiger partial charge >= 0.3 is 0 Å². The summed E-state index contributed by atoms with van der Waals surface area (Å²) in [5, 5.41) is 6.53. The Hall–Kier alpha value is -2.83. The second-order valence-corrected chi connectivity index (χ2v) is 3.95. The first-order chi connectivity index (χ1) is 9.60. The van der Waals surface area contributed by atoms with Crippen molar-refractivity contribution in [3.63, 3.8) is 0 Å². The van der Waals surface area contributed by atoms with Crippen molar-refractivity contribution in [2.45, 2.75) is 13.5 Å². The molecule has 7 heteroatoms. The van der Waals surface area contributed by atoms with Crippen molar-refractivity contribution in [1.29, 1.82) is 0 Å². The summed E-state index contributed by atoms with van der Waals surface area (Å²) in [5.41, 5.74) is 5.53. The molecule has 2 aromatic rings. The van der Waals surface area contributed by atoms with Crippen LogP contribution in [0.5, 0.6) is 0 Å².